The lowest BCUT2D eigenvalue weighted by molar-refractivity contribution is -0.117. The van der Waals surface area contributed by atoms with E-state index in [1.54, 1.807) is 17.4 Å². The lowest BCUT2D eigenvalue weighted by Crippen LogP contribution is -2.41. The molecular weight excluding hydrogens is 487 g/mol. The Morgan fingerprint density at radius 2 is 2.03 bits per heavy atom. The maximum atomic E-state index is 14.4. The monoisotopic (exact) mass is 514 g/mol. The van der Waals surface area contributed by atoms with Crippen LogP contribution >= 0.6 is 11.3 Å². The number of halogens is 1. The van der Waals surface area contributed by atoms with Gasteiger partial charge in [-0.15, -0.1) is 21.5 Å². The van der Waals surface area contributed by atoms with E-state index in [1.165, 1.54) is 29.3 Å². The maximum absolute atomic E-state index is 14.4. The highest BCUT2D eigenvalue weighted by atomic mass is 32.1. The molecule has 3 heterocycles. The van der Waals surface area contributed by atoms with Crippen molar-refractivity contribution in [2.24, 2.45) is 0 Å². The van der Waals surface area contributed by atoms with Crippen molar-refractivity contribution < 1.29 is 13.9 Å². The normalized spacial score (nSPS) is 18.9. The van der Waals surface area contributed by atoms with Gasteiger partial charge in [0.05, 0.1) is 10.7 Å². The Balaban J connectivity index is 1.38. The molecule has 1 aliphatic heterocycles. The number of benzene rings is 2. The number of hydrogen-bond acceptors (Lipinski definition) is 6. The highest BCUT2D eigenvalue weighted by molar-refractivity contribution is 7.17. The van der Waals surface area contributed by atoms with Gasteiger partial charge in [-0.2, -0.15) is 0 Å². The number of rotatable bonds is 6. The van der Waals surface area contributed by atoms with E-state index in [1.807, 2.05) is 5.38 Å². The number of thiophene rings is 1. The molecule has 0 bridgehead atoms. The molecule has 2 aromatic heterocycles. The topological polar surface area (TPSA) is 76.1 Å². The van der Waals surface area contributed by atoms with Crippen molar-refractivity contribution >= 4 is 27.3 Å². The van der Waals surface area contributed by atoms with E-state index in [9.17, 15) is 9.18 Å². The molecule has 2 atom stereocenters. The average molecular weight is 515 g/mol. The minimum absolute atomic E-state index is 0.156. The molecular formula is C29H27FN4O2S. The van der Waals surface area contributed by atoms with E-state index in [0.717, 1.165) is 60.1 Å². The first kappa shape index (κ1) is 23.8. The van der Waals surface area contributed by atoms with Gasteiger partial charge in [-0.25, -0.2) is 4.39 Å². The fraction of sp³-hybridized carbons (Fsp3) is 0.276. The quantitative estimate of drug-likeness (QED) is 0.337. The summed E-state index contributed by atoms with van der Waals surface area (Å²) < 4.78 is 21.7. The molecule has 2 aliphatic rings. The zero-order valence-electron chi connectivity index (χ0n) is 20.3. The SMILES string of the molecule is C=CC(=O)N[C@@H]1CCC[C@@H]1Oc1cc(F)ccc1-c1nnc(-c2ccc3c(c2)CCNC3)c2ccsc12. The molecule has 2 N–H and O–H groups in total. The molecule has 4 aromatic rings. The van der Waals surface area contributed by atoms with Gasteiger partial charge in [-0.05, 0) is 79.1 Å². The third-order valence-corrected chi connectivity index (χ3v) is 8.12. The summed E-state index contributed by atoms with van der Waals surface area (Å²) in [7, 11) is 0. The van der Waals surface area contributed by atoms with Crippen LogP contribution in [-0.4, -0.2) is 34.8 Å². The van der Waals surface area contributed by atoms with E-state index < -0.39 is 0 Å². The molecule has 0 spiro atoms. The van der Waals surface area contributed by atoms with Gasteiger partial charge in [-0.3, -0.25) is 4.79 Å². The van der Waals surface area contributed by atoms with Crippen LogP contribution in [0.2, 0.25) is 0 Å². The van der Waals surface area contributed by atoms with E-state index in [2.05, 4.69) is 51.7 Å². The number of carbonyl (C=O) groups is 1. The molecule has 6 nitrogen and oxygen atoms in total. The number of amides is 1. The van der Waals surface area contributed by atoms with Crippen LogP contribution in [0.15, 0.2) is 60.5 Å². The molecule has 0 saturated heterocycles. The van der Waals surface area contributed by atoms with Crippen LogP contribution in [0, 0.1) is 5.82 Å². The van der Waals surface area contributed by atoms with Crippen molar-refractivity contribution in [1.29, 1.82) is 0 Å². The average Bonchev–Trinajstić information content (AvgIpc) is 3.58. The summed E-state index contributed by atoms with van der Waals surface area (Å²) in [6.45, 7) is 5.39. The summed E-state index contributed by atoms with van der Waals surface area (Å²) in [5, 5.41) is 18.7. The molecule has 1 amide bonds. The Labute approximate surface area is 218 Å². The summed E-state index contributed by atoms with van der Waals surface area (Å²) in [5.41, 5.74) is 5.90. The van der Waals surface area contributed by atoms with Gasteiger partial charge in [0.2, 0.25) is 5.91 Å². The van der Waals surface area contributed by atoms with Gasteiger partial charge in [0.1, 0.15) is 29.1 Å². The predicted molar refractivity (Wildman–Crippen MR) is 144 cm³/mol. The van der Waals surface area contributed by atoms with Crippen molar-refractivity contribution in [2.45, 2.75) is 44.4 Å². The van der Waals surface area contributed by atoms with Crippen molar-refractivity contribution in [1.82, 2.24) is 20.8 Å². The van der Waals surface area contributed by atoms with Crippen LogP contribution in [0.4, 0.5) is 4.39 Å². The number of hydrogen-bond donors (Lipinski definition) is 2. The third-order valence-electron chi connectivity index (χ3n) is 7.19. The summed E-state index contributed by atoms with van der Waals surface area (Å²) in [5.74, 6) is -0.220. The van der Waals surface area contributed by atoms with E-state index >= 15 is 0 Å². The van der Waals surface area contributed by atoms with Crippen molar-refractivity contribution in [2.75, 3.05) is 6.54 Å². The predicted octanol–water partition coefficient (Wildman–Crippen LogP) is 5.41. The van der Waals surface area contributed by atoms with Crippen LogP contribution in [0.25, 0.3) is 32.6 Å². The molecule has 8 heteroatoms. The number of aromatic nitrogens is 2. The zero-order chi connectivity index (χ0) is 25.4. The van der Waals surface area contributed by atoms with Crippen LogP contribution in [0.5, 0.6) is 5.75 Å². The lowest BCUT2D eigenvalue weighted by atomic mass is 9.96. The van der Waals surface area contributed by atoms with Gasteiger partial charge in [0.25, 0.3) is 0 Å². The molecule has 1 aliphatic carbocycles. The van der Waals surface area contributed by atoms with Gasteiger partial charge in [-0.1, -0.05) is 18.7 Å². The Hall–Kier alpha value is -3.62. The van der Waals surface area contributed by atoms with Crippen LogP contribution in [0.3, 0.4) is 0 Å². The Morgan fingerprint density at radius 3 is 2.92 bits per heavy atom. The fourth-order valence-electron chi connectivity index (χ4n) is 5.32. The molecule has 188 valence electrons. The Kier molecular flexibility index (Phi) is 6.44. The Bertz CT molecular complexity index is 1500. The highest BCUT2D eigenvalue weighted by Gasteiger charge is 2.31. The fourth-order valence-corrected chi connectivity index (χ4v) is 6.21. The number of nitrogens with zero attached hydrogens (tertiary/aromatic N) is 2. The molecule has 0 radical (unpaired) electrons. The number of carbonyl (C=O) groups excluding carboxylic acids is 1. The van der Waals surface area contributed by atoms with Gasteiger partial charge >= 0.3 is 0 Å². The summed E-state index contributed by atoms with van der Waals surface area (Å²) in [4.78, 5) is 11.9. The standard InChI is InChI=1S/C29H27FN4O2S/c1-2-26(35)32-23-4-3-5-24(23)36-25-15-20(30)8-9-21(25)28-29-22(11-13-37-29)27(33-34-28)18-6-7-19-16-31-12-10-17(19)14-18/h2,6-9,11,13-15,23-24,31H,1,3-5,10,12,16H2,(H,32,35)/t23-,24+/m1/s1. The van der Waals surface area contributed by atoms with Crippen LogP contribution in [0.1, 0.15) is 30.4 Å². The second kappa shape index (κ2) is 10.0. The highest BCUT2D eigenvalue weighted by Crippen LogP contribution is 2.40. The second-order valence-corrected chi connectivity index (χ2v) is 10.4. The third kappa shape index (κ3) is 4.63. The Morgan fingerprint density at radius 1 is 1.14 bits per heavy atom. The second-order valence-electron chi connectivity index (χ2n) is 9.52. The molecule has 37 heavy (non-hydrogen) atoms. The smallest absolute Gasteiger partial charge is 0.243 e. The first-order valence-electron chi connectivity index (χ1n) is 12.6. The first-order chi connectivity index (χ1) is 18.1. The number of ether oxygens (including phenoxy) is 1. The minimum Gasteiger partial charge on any atom is -0.487 e. The summed E-state index contributed by atoms with van der Waals surface area (Å²) >= 11 is 1.58. The minimum atomic E-state index is -0.390. The van der Waals surface area contributed by atoms with Crippen LogP contribution < -0.4 is 15.4 Å². The number of nitrogens with one attached hydrogen (secondary N) is 2. The maximum Gasteiger partial charge on any atom is 0.243 e. The molecule has 6 rings (SSSR count). The van der Waals surface area contributed by atoms with Gasteiger partial charge in [0.15, 0.2) is 0 Å². The molecule has 2 aromatic carbocycles. The van der Waals surface area contributed by atoms with Gasteiger partial charge < -0.3 is 15.4 Å². The first-order valence-corrected chi connectivity index (χ1v) is 13.4. The van der Waals surface area contributed by atoms with E-state index in [-0.39, 0.29) is 23.9 Å². The largest absolute Gasteiger partial charge is 0.487 e. The molecule has 0 unspecified atom stereocenters. The van der Waals surface area contributed by atoms with Crippen molar-refractivity contribution in [3.63, 3.8) is 0 Å². The lowest BCUT2D eigenvalue weighted by Gasteiger charge is -2.23. The summed E-state index contributed by atoms with van der Waals surface area (Å²) in [6.07, 6.45) is 4.47. The number of fused-ring (bicyclic) bond motifs is 2. The van der Waals surface area contributed by atoms with Crippen LogP contribution in [-0.2, 0) is 17.8 Å². The molecule has 1 saturated carbocycles. The zero-order valence-corrected chi connectivity index (χ0v) is 21.1. The van der Waals surface area contributed by atoms with Crippen molar-refractivity contribution in [3.05, 3.63) is 77.4 Å². The van der Waals surface area contributed by atoms with E-state index in [4.69, 9.17) is 4.74 Å². The molecule has 1 fully saturated rings. The summed E-state index contributed by atoms with van der Waals surface area (Å²) in [6, 6.07) is 12.9. The van der Waals surface area contributed by atoms with E-state index in [0.29, 0.717) is 17.0 Å². The van der Waals surface area contributed by atoms with Crippen molar-refractivity contribution in [3.8, 4) is 28.3 Å². The van der Waals surface area contributed by atoms with Gasteiger partial charge in [0, 0.05) is 29.1 Å².